The molecule has 0 radical (unpaired) electrons. The largest absolute Gasteiger partial charge is 0.465 e. The van der Waals surface area contributed by atoms with Crippen molar-refractivity contribution in [3.63, 3.8) is 0 Å². The molecule has 6 N–H and O–H groups in total. The number of nitrogens with two attached hydrogens (primary N) is 1. The van der Waals surface area contributed by atoms with Crippen molar-refractivity contribution >= 4 is 12.1 Å². The number of hydrogen-bond donors (Lipinski definition) is 5. The number of hydrogen-bond acceptors (Lipinski definition) is 2. The summed E-state index contributed by atoms with van der Waals surface area (Å²) in [6.07, 6.45) is -0.417. The maximum absolute atomic E-state index is 9.90. The van der Waals surface area contributed by atoms with Gasteiger partial charge in [0.25, 0.3) is 0 Å². The van der Waals surface area contributed by atoms with E-state index in [-0.39, 0.29) is 5.96 Å². The fourth-order valence-corrected chi connectivity index (χ4v) is 0.507. The molecule has 0 aliphatic heterocycles. The van der Waals surface area contributed by atoms with Crippen LogP contribution in [0.3, 0.4) is 0 Å². The molecule has 0 spiro atoms. The summed E-state index contributed by atoms with van der Waals surface area (Å²) in [6, 6.07) is 0. The highest BCUT2D eigenvalue weighted by Crippen LogP contribution is 1.72. The first-order valence-corrected chi connectivity index (χ1v) is 3.17. The summed E-state index contributed by atoms with van der Waals surface area (Å²) in [5.41, 5.74) is 4.97. The topological polar surface area (TPSA) is 111 Å². The zero-order valence-electron chi connectivity index (χ0n) is 6.05. The minimum absolute atomic E-state index is 0.0969. The molecule has 0 unspecified atom stereocenters. The highest BCUT2D eigenvalue weighted by Gasteiger charge is 1.92. The monoisotopic (exact) mass is 160 g/mol. The van der Waals surface area contributed by atoms with E-state index >= 15 is 0 Å². The van der Waals surface area contributed by atoms with Crippen LogP contribution < -0.4 is 16.4 Å². The lowest BCUT2D eigenvalue weighted by molar-refractivity contribution is 0.194. The lowest BCUT2D eigenvalue weighted by atomic mass is 10.4. The molecule has 64 valence electrons. The van der Waals surface area contributed by atoms with Crippen molar-refractivity contribution in [2.24, 2.45) is 5.73 Å². The second-order valence-electron chi connectivity index (χ2n) is 1.93. The second-order valence-corrected chi connectivity index (χ2v) is 1.93. The van der Waals surface area contributed by atoms with Crippen LogP contribution in [0.15, 0.2) is 0 Å². The molecule has 6 nitrogen and oxygen atoms in total. The minimum atomic E-state index is -1.03. The van der Waals surface area contributed by atoms with Crippen molar-refractivity contribution in [1.82, 2.24) is 10.6 Å². The van der Waals surface area contributed by atoms with Gasteiger partial charge in [0, 0.05) is 13.1 Å². The van der Waals surface area contributed by atoms with Gasteiger partial charge in [-0.2, -0.15) is 0 Å². The van der Waals surface area contributed by atoms with Crippen LogP contribution in [0, 0.1) is 5.41 Å². The maximum Gasteiger partial charge on any atom is 0.404 e. The molecule has 11 heavy (non-hydrogen) atoms. The Bertz CT molecular complexity index is 131. The normalized spacial score (nSPS) is 8.73. The average molecular weight is 160 g/mol. The summed E-state index contributed by atoms with van der Waals surface area (Å²) in [7, 11) is 0. The van der Waals surface area contributed by atoms with E-state index in [1.165, 1.54) is 0 Å². The van der Waals surface area contributed by atoms with E-state index in [0.717, 1.165) is 0 Å². The summed E-state index contributed by atoms with van der Waals surface area (Å²) in [6.45, 7) is 0.880. The number of guanidine groups is 1. The van der Waals surface area contributed by atoms with Gasteiger partial charge in [-0.15, -0.1) is 0 Å². The maximum atomic E-state index is 9.90. The molecule has 1 amide bonds. The Kier molecular flexibility index (Phi) is 4.63. The van der Waals surface area contributed by atoms with Gasteiger partial charge in [0.2, 0.25) is 0 Å². The predicted octanol–water partition coefficient (Wildman–Crippen LogP) is -0.873. The van der Waals surface area contributed by atoms with Gasteiger partial charge >= 0.3 is 6.09 Å². The molecule has 0 aromatic rings. The van der Waals surface area contributed by atoms with Crippen molar-refractivity contribution in [2.45, 2.75) is 6.42 Å². The van der Waals surface area contributed by atoms with Gasteiger partial charge in [0.05, 0.1) is 0 Å². The van der Waals surface area contributed by atoms with E-state index in [2.05, 4.69) is 10.6 Å². The predicted molar refractivity (Wildman–Crippen MR) is 40.6 cm³/mol. The molecule has 0 aliphatic carbocycles. The molecule has 0 aromatic heterocycles. The molecule has 0 atom stereocenters. The van der Waals surface area contributed by atoms with Crippen molar-refractivity contribution in [2.75, 3.05) is 13.1 Å². The van der Waals surface area contributed by atoms with Crippen molar-refractivity contribution < 1.29 is 9.90 Å². The van der Waals surface area contributed by atoms with Gasteiger partial charge in [-0.25, -0.2) is 4.79 Å². The third kappa shape index (κ3) is 8.54. The average Bonchev–Trinajstić information content (AvgIpc) is 1.85. The Morgan fingerprint density at radius 2 is 2.00 bits per heavy atom. The van der Waals surface area contributed by atoms with Crippen LogP contribution >= 0.6 is 0 Å². The summed E-state index contributed by atoms with van der Waals surface area (Å²) in [5, 5.41) is 19.6. The summed E-state index contributed by atoms with van der Waals surface area (Å²) >= 11 is 0. The Labute approximate surface area is 64.3 Å². The first kappa shape index (κ1) is 9.54. The van der Waals surface area contributed by atoms with Gasteiger partial charge in [-0.05, 0) is 6.42 Å². The van der Waals surface area contributed by atoms with Crippen molar-refractivity contribution in [3.8, 4) is 0 Å². The quantitative estimate of drug-likeness (QED) is 0.209. The first-order valence-electron chi connectivity index (χ1n) is 3.17. The number of rotatable bonds is 4. The fourth-order valence-electron chi connectivity index (χ4n) is 0.507. The van der Waals surface area contributed by atoms with Crippen LogP contribution in [0.25, 0.3) is 0 Å². The number of carboxylic acid groups (broad SMARTS) is 1. The molecule has 6 heteroatoms. The van der Waals surface area contributed by atoms with E-state index < -0.39 is 6.09 Å². The van der Waals surface area contributed by atoms with Crippen molar-refractivity contribution in [1.29, 1.82) is 5.41 Å². The Morgan fingerprint density at radius 1 is 1.45 bits per heavy atom. The van der Waals surface area contributed by atoms with Gasteiger partial charge in [-0.1, -0.05) is 0 Å². The van der Waals surface area contributed by atoms with E-state index in [1.807, 2.05) is 0 Å². The highest BCUT2D eigenvalue weighted by atomic mass is 16.4. The lowest BCUT2D eigenvalue weighted by Crippen LogP contribution is -2.33. The lowest BCUT2D eigenvalue weighted by Gasteiger charge is -2.02. The van der Waals surface area contributed by atoms with E-state index in [9.17, 15) is 4.79 Å². The van der Waals surface area contributed by atoms with Crippen LogP contribution in [-0.2, 0) is 0 Å². The third-order valence-corrected chi connectivity index (χ3v) is 0.945. The van der Waals surface area contributed by atoms with Gasteiger partial charge in [-0.3, -0.25) is 5.41 Å². The first-order chi connectivity index (χ1) is 5.13. The molecule has 0 saturated heterocycles. The van der Waals surface area contributed by atoms with E-state index in [0.29, 0.717) is 19.5 Å². The minimum Gasteiger partial charge on any atom is -0.465 e. The summed E-state index contributed by atoms with van der Waals surface area (Å²) in [4.78, 5) is 9.90. The van der Waals surface area contributed by atoms with Crippen LogP contribution in [-0.4, -0.2) is 30.2 Å². The van der Waals surface area contributed by atoms with Crippen molar-refractivity contribution in [3.05, 3.63) is 0 Å². The van der Waals surface area contributed by atoms with Gasteiger partial charge < -0.3 is 21.5 Å². The molecule has 0 aromatic carbocycles. The van der Waals surface area contributed by atoms with E-state index in [1.54, 1.807) is 0 Å². The second kappa shape index (κ2) is 5.33. The molecule has 0 fully saturated rings. The number of carbonyl (C=O) groups is 1. The van der Waals surface area contributed by atoms with E-state index in [4.69, 9.17) is 16.2 Å². The zero-order chi connectivity index (χ0) is 8.69. The Hall–Kier alpha value is -1.46. The van der Waals surface area contributed by atoms with Crippen LogP contribution in [0.2, 0.25) is 0 Å². The van der Waals surface area contributed by atoms with Crippen LogP contribution in [0.1, 0.15) is 6.42 Å². The summed E-state index contributed by atoms with van der Waals surface area (Å²) < 4.78 is 0. The van der Waals surface area contributed by atoms with Gasteiger partial charge in [0.15, 0.2) is 5.96 Å². The molecule has 0 rings (SSSR count). The number of amides is 1. The number of nitrogens with one attached hydrogen (secondary N) is 3. The molecular formula is C5H12N4O2. The highest BCUT2D eigenvalue weighted by molar-refractivity contribution is 5.74. The van der Waals surface area contributed by atoms with Crippen LogP contribution in [0.4, 0.5) is 4.79 Å². The van der Waals surface area contributed by atoms with Gasteiger partial charge in [0.1, 0.15) is 0 Å². The molecule has 0 bridgehead atoms. The summed E-state index contributed by atoms with van der Waals surface area (Å²) in [5.74, 6) is -0.0969. The zero-order valence-corrected chi connectivity index (χ0v) is 6.05. The molecular weight excluding hydrogens is 148 g/mol. The molecule has 0 aliphatic rings. The Morgan fingerprint density at radius 3 is 2.45 bits per heavy atom. The molecule has 0 heterocycles. The standard InChI is InChI=1S/C5H12N4O2/c6-4(7)8-2-1-3-9-5(10)11/h9H,1-3H2,(H,10,11)(H4,6,7,8). The Balaban J connectivity index is 3.03. The van der Waals surface area contributed by atoms with Crippen LogP contribution in [0.5, 0.6) is 0 Å². The fraction of sp³-hybridized carbons (Fsp3) is 0.600. The smallest absolute Gasteiger partial charge is 0.404 e. The molecule has 0 saturated carbocycles. The third-order valence-electron chi connectivity index (χ3n) is 0.945. The SMILES string of the molecule is N=C(N)NCCCNC(=O)O.